The summed E-state index contributed by atoms with van der Waals surface area (Å²) in [5, 5.41) is 23.2. The number of nitrogens with one attached hydrogen (secondary N) is 2. The third kappa shape index (κ3) is 4.85. The Kier molecular flexibility index (Phi) is 7.23. The lowest BCUT2D eigenvalue weighted by molar-refractivity contribution is -0.946. The first-order valence-electron chi connectivity index (χ1n) is 11.2. The molecule has 0 aliphatic heterocycles. The molecule has 0 aliphatic rings. The molecule has 2 aromatic heterocycles. The molecule has 0 spiro atoms. The van der Waals surface area contributed by atoms with E-state index in [-0.39, 0.29) is 23.7 Å². The van der Waals surface area contributed by atoms with Crippen molar-refractivity contribution in [2.75, 3.05) is 13.2 Å². The van der Waals surface area contributed by atoms with E-state index in [9.17, 15) is 9.90 Å². The number of rotatable bonds is 10. The van der Waals surface area contributed by atoms with Crippen molar-refractivity contribution in [3.63, 3.8) is 0 Å². The molecule has 1 unspecified atom stereocenters. The van der Waals surface area contributed by atoms with Crippen LogP contribution in [0.5, 0.6) is 0 Å². The first kappa shape index (κ1) is 23.1. The number of quaternary nitrogens is 1. The van der Waals surface area contributed by atoms with Gasteiger partial charge in [0.2, 0.25) is 5.82 Å². The van der Waals surface area contributed by atoms with Crippen LogP contribution >= 0.6 is 0 Å². The number of aromatic nitrogens is 5. The molecule has 0 saturated carbocycles. The van der Waals surface area contributed by atoms with E-state index in [1.54, 1.807) is 0 Å². The number of aryl methyl sites for hydroxylation is 1. The molecule has 3 aromatic rings. The van der Waals surface area contributed by atoms with Crippen LogP contribution in [0, 0.1) is 6.92 Å². The third-order valence-corrected chi connectivity index (χ3v) is 6.38. The molecule has 0 radical (unpaired) electrons. The van der Waals surface area contributed by atoms with E-state index in [2.05, 4.69) is 48.2 Å². The minimum Gasteiger partial charge on any atom is -0.396 e. The Hall–Kier alpha value is -2.58. The summed E-state index contributed by atoms with van der Waals surface area (Å²) in [7, 11) is 0. The van der Waals surface area contributed by atoms with Crippen molar-refractivity contribution in [1.82, 2.24) is 25.2 Å². The monoisotopic (exact) mass is 427 g/mol. The van der Waals surface area contributed by atoms with Crippen LogP contribution in [0.15, 0.2) is 29.1 Å². The number of pyridine rings is 1. The van der Waals surface area contributed by atoms with Gasteiger partial charge in [-0.05, 0) is 54.6 Å². The summed E-state index contributed by atoms with van der Waals surface area (Å²) < 4.78 is 1.92. The number of aliphatic hydroxyl groups is 1. The lowest BCUT2D eigenvalue weighted by Gasteiger charge is -2.30. The zero-order chi connectivity index (χ0) is 22.6. The Morgan fingerprint density at radius 3 is 2.74 bits per heavy atom. The van der Waals surface area contributed by atoms with E-state index in [0.29, 0.717) is 13.0 Å². The van der Waals surface area contributed by atoms with Crippen molar-refractivity contribution in [3.8, 4) is 0 Å². The number of fused-ring (bicyclic) bond motifs is 1. The molecule has 3 N–H and O–H groups in total. The van der Waals surface area contributed by atoms with Crippen molar-refractivity contribution in [2.45, 2.75) is 72.0 Å². The lowest BCUT2D eigenvalue weighted by Crippen LogP contribution is -3.11. The number of para-hydroxylation sites is 1. The smallest absolute Gasteiger partial charge is 0.257 e. The maximum Gasteiger partial charge on any atom is 0.257 e. The predicted octanol–water partition coefficient (Wildman–Crippen LogP) is 1.89. The quantitative estimate of drug-likeness (QED) is 0.459. The molecule has 0 saturated heterocycles. The van der Waals surface area contributed by atoms with Gasteiger partial charge in [-0.2, -0.15) is 0 Å². The van der Waals surface area contributed by atoms with Crippen molar-refractivity contribution in [3.05, 3.63) is 51.6 Å². The zero-order valence-corrected chi connectivity index (χ0v) is 19.3. The number of benzene rings is 1. The summed E-state index contributed by atoms with van der Waals surface area (Å²) in [6.45, 7) is 11.9. The highest BCUT2D eigenvalue weighted by molar-refractivity contribution is 5.81. The fourth-order valence-electron chi connectivity index (χ4n) is 4.14. The van der Waals surface area contributed by atoms with E-state index in [1.165, 1.54) is 4.90 Å². The van der Waals surface area contributed by atoms with E-state index in [1.807, 2.05) is 35.9 Å². The third-order valence-electron chi connectivity index (χ3n) is 6.38. The standard InChI is InChI=1S/C23H34N6O2/c1-6-19(21-25-26-27-29(21)23(4,5)7-2)28(12-9-13-30)15-18-14-17-11-8-10-16(3)20(17)24-22(18)31/h8,10-11,14,19,30H,6-7,9,12-13,15H2,1-5H3,(H,24,31)/p+1/t19-/m0/s1. The summed E-state index contributed by atoms with van der Waals surface area (Å²) in [4.78, 5) is 17.1. The number of nitrogens with zero attached hydrogens (tertiary/aromatic N) is 4. The average Bonchev–Trinajstić information content (AvgIpc) is 3.24. The van der Waals surface area contributed by atoms with E-state index >= 15 is 0 Å². The summed E-state index contributed by atoms with van der Waals surface area (Å²) in [6, 6.07) is 8.04. The van der Waals surface area contributed by atoms with Gasteiger partial charge in [0.25, 0.3) is 5.56 Å². The molecule has 8 heteroatoms. The van der Waals surface area contributed by atoms with E-state index < -0.39 is 0 Å². The minimum absolute atomic E-state index is 0.0139. The van der Waals surface area contributed by atoms with Gasteiger partial charge in [-0.25, -0.2) is 4.68 Å². The Labute approximate surface area is 183 Å². The molecule has 0 bridgehead atoms. The van der Waals surface area contributed by atoms with Crippen LogP contribution in [0.1, 0.15) is 70.0 Å². The number of hydrogen-bond acceptors (Lipinski definition) is 5. The van der Waals surface area contributed by atoms with Gasteiger partial charge >= 0.3 is 0 Å². The summed E-state index contributed by atoms with van der Waals surface area (Å²) in [6.07, 6.45) is 2.37. The average molecular weight is 428 g/mol. The van der Waals surface area contributed by atoms with Gasteiger partial charge in [0.05, 0.1) is 23.2 Å². The van der Waals surface area contributed by atoms with Gasteiger partial charge in [0, 0.05) is 19.4 Å². The largest absolute Gasteiger partial charge is 0.396 e. The second-order valence-electron chi connectivity index (χ2n) is 8.90. The van der Waals surface area contributed by atoms with Crippen LogP contribution in [0.2, 0.25) is 0 Å². The van der Waals surface area contributed by atoms with Gasteiger partial charge in [0.1, 0.15) is 12.6 Å². The number of aromatic amines is 1. The highest BCUT2D eigenvalue weighted by Crippen LogP contribution is 2.22. The fourth-order valence-corrected chi connectivity index (χ4v) is 4.14. The molecule has 0 aliphatic carbocycles. The summed E-state index contributed by atoms with van der Waals surface area (Å²) in [5.41, 5.74) is 2.41. The SMILES string of the molecule is CC[C@@H](c1nnnn1C(C)(C)CC)[NH+](CCCO)Cc1cc2cccc(C)c2[nH]c1=O. The van der Waals surface area contributed by atoms with E-state index in [4.69, 9.17) is 0 Å². The van der Waals surface area contributed by atoms with Gasteiger partial charge in [0.15, 0.2) is 0 Å². The second-order valence-corrected chi connectivity index (χ2v) is 8.90. The Morgan fingerprint density at radius 1 is 1.29 bits per heavy atom. The molecular formula is C23H35N6O2+. The number of tetrazole rings is 1. The molecule has 2 atom stereocenters. The molecule has 168 valence electrons. The molecule has 8 nitrogen and oxygen atoms in total. The lowest BCUT2D eigenvalue weighted by atomic mass is 10.0. The van der Waals surface area contributed by atoms with Crippen molar-refractivity contribution < 1.29 is 10.0 Å². The summed E-state index contributed by atoms with van der Waals surface area (Å²) in [5.74, 6) is 0.829. The highest BCUT2D eigenvalue weighted by atomic mass is 16.3. The first-order chi connectivity index (χ1) is 14.8. The van der Waals surface area contributed by atoms with Gasteiger partial charge in [-0.1, -0.05) is 32.0 Å². The second kappa shape index (κ2) is 9.70. The van der Waals surface area contributed by atoms with Crippen LogP contribution in [0.25, 0.3) is 10.9 Å². The van der Waals surface area contributed by atoms with Crippen LogP contribution in [0.3, 0.4) is 0 Å². The summed E-state index contributed by atoms with van der Waals surface area (Å²) >= 11 is 0. The minimum atomic E-state index is -0.202. The Bertz CT molecular complexity index is 1070. The van der Waals surface area contributed by atoms with Crippen molar-refractivity contribution in [2.24, 2.45) is 0 Å². The van der Waals surface area contributed by atoms with Crippen molar-refractivity contribution >= 4 is 10.9 Å². The fraction of sp³-hybridized carbons (Fsp3) is 0.565. The van der Waals surface area contributed by atoms with Crippen LogP contribution in [-0.4, -0.2) is 43.4 Å². The first-order valence-corrected chi connectivity index (χ1v) is 11.2. The molecule has 0 fully saturated rings. The van der Waals surface area contributed by atoms with Crippen LogP contribution in [-0.2, 0) is 12.1 Å². The number of H-pyrrole nitrogens is 1. The number of aliphatic hydroxyl groups excluding tert-OH is 1. The molecule has 2 heterocycles. The molecule has 1 aromatic carbocycles. The van der Waals surface area contributed by atoms with Gasteiger partial charge < -0.3 is 15.0 Å². The highest BCUT2D eigenvalue weighted by Gasteiger charge is 2.33. The van der Waals surface area contributed by atoms with Gasteiger partial charge in [-0.3, -0.25) is 4.79 Å². The van der Waals surface area contributed by atoms with Crippen LogP contribution < -0.4 is 10.5 Å². The zero-order valence-electron chi connectivity index (χ0n) is 19.3. The Balaban J connectivity index is 2.01. The topological polar surface area (TPSA) is 101 Å². The van der Waals surface area contributed by atoms with E-state index in [0.717, 1.165) is 47.2 Å². The maximum atomic E-state index is 12.9. The molecule has 0 amide bonds. The number of hydrogen-bond donors (Lipinski definition) is 3. The Morgan fingerprint density at radius 2 is 2.06 bits per heavy atom. The predicted molar refractivity (Wildman–Crippen MR) is 121 cm³/mol. The van der Waals surface area contributed by atoms with Crippen molar-refractivity contribution in [1.29, 1.82) is 0 Å². The molecular weight excluding hydrogens is 392 g/mol. The van der Waals surface area contributed by atoms with Crippen LogP contribution in [0.4, 0.5) is 0 Å². The van der Waals surface area contributed by atoms with Gasteiger partial charge in [-0.15, -0.1) is 5.10 Å². The molecule has 3 rings (SSSR count). The maximum absolute atomic E-state index is 12.9. The molecule has 31 heavy (non-hydrogen) atoms. The normalized spacial score (nSPS) is 14.1.